The molecule has 0 aliphatic heterocycles. The molecule has 0 saturated heterocycles. The molecule has 2 amide bonds. The molecule has 10 heteroatoms. The van der Waals surface area contributed by atoms with Gasteiger partial charge in [0.25, 0.3) is 10.0 Å². The normalized spacial score (nSPS) is 14.7. The molecule has 1 aliphatic rings. The van der Waals surface area contributed by atoms with Crippen molar-refractivity contribution in [1.29, 1.82) is 0 Å². The Balaban J connectivity index is 1.70. The van der Waals surface area contributed by atoms with Gasteiger partial charge in [0.15, 0.2) is 0 Å². The van der Waals surface area contributed by atoms with Crippen LogP contribution in [0.2, 0.25) is 5.02 Å². The van der Waals surface area contributed by atoms with Crippen molar-refractivity contribution in [3.05, 3.63) is 93.4 Å². The number of anilines is 1. The van der Waals surface area contributed by atoms with Gasteiger partial charge in [-0.15, -0.1) is 0 Å². The van der Waals surface area contributed by atoms with Crippen molar-refractivity contribution in [1.82, 2.24) is 10.2 Å². The van der Waals surface area contributed by atoms with Gasteiger partial charge in [-0.05, 0) is 74.2 Å². The minimum atomic E-state index is -4.12. The maximum atomic E-state index is 14.2. The summed E-state index contributed by atoms with van der Waals surface area (Å²) in [5.41, 5.74) is 2.04. The summed E-state index contributed by atoms with van der Waals surface area (Å²) >= 11 is 9.53. The van der Waals surface area contributed by atoms with Crippen molar-refractivity contribution >= 4 is 55.1 Å². The maximum Gasteiger partial charge on any atom is 0.264 e. The monoisotopic (exact) mass is 673 g/mol. The lowest BCUT2D eigenvalue weighted by atomic mass is 9.95. The first-order valence-electron chi connectivity index (χ1n) is 14.3. The third-order valence-electron chi connectivity index (χ3n) is 7.59. The molecule has 1 saturated carbocycles. The number of hydrogen-bond donors (Lipinski definition) is 1. The zero-order chi connectivity index (χ0) is 30.3. The first kappa shape index (κ1) is 32.0. The first-order chi connectivity index (χ1) is 20.1. The Bertz CT molecular complexity index is 1480. The van der Waals surface area contributed by atoms with Crippen LogP contribution in [-0.4, -0.2) is 43.8 Å². The van der Waals surface area contributed by atoms with Crippen LogP contribution < -0.4 is 9.62 Å². The van der Waals surface area contributed by atoms with E-state index in [-0.39, 0.29) is 23.4 Å². The Labute approximate surface area is 262 Å². The summed E-state index contributed by atoms with van der Waals surface area (Å²) < 4.78 is 29.8. The van der Waals surface area contributed by atoms with Crippen molar-refractivity contribution < 1.29 is 18.0 Å². The molecule has 1 atom stereocenters. The molecule has 3 aromatic rings. The van der Waals surface area contributed by atoms with Crippen LogP contribution in [0.5, 0.6) is 0 Å². The molecule has 0 radical (unpaired) electrons. The van der Waals surface area contributed by atoms with Gasteiger partial charge in [0.05, 0.1) is 10.6 Å². The van der Waals surface area contributed by atoms with Crippen LogP contribution in [0.3, 0.4) is 0 Å². The first-order valence-corrected chi connectivity index (χ1v) is 16.9. The average molecular weight is 675 g/mol. The van der Waals surface area contributed by atoms with Crippen LogP contribution in [0.1, 0.15) is 56.6 Å². The summed E-state index contributed by atoms with van der Waals surface area (Å²) in [5.74, 6) is -0.701. The molecule has 0 bridgehead atoms. The summed E-state index contributed by atoms with van der Waals surface area (Å²) in [6.45, 7) is 3.39. The number of nitrogens with zero attached hydrogens (tertiary/aromatic N) is 2. The number of hydrogen-bond acceptors (Lipinski definition) is 4. The molecule has 224 valence electrons. The number of benzene rings is 3. The molecule has 0 spiro atoms. The highest BCUT2D eigenvalue weighted by Crippen LogP contribution is 2.28. The van der Waals surface area contributed by atoms with Gasteiger partial charge in [-0.3, -0.25) is 13.9 Å². The van der Waals surface area contributed by atoms with Crippen LogP contribution >= 0.6 is 27.5 Å². The molecule has 4 rings (SSSR count). The largest absolute Gasteiger partial charge is 0.352 e. The van der Waals surface area contributed by atoms with Gasteiger partial charge in [0.2, 0.25) is 11.8 Å². The van der Waals surface area contributed by atoms with Gasteiger partial charge in [-0.25, -0.2) is 8.42 Å². The highest BCUT2D eigenvalue weighted by Gasteiger charge is 2.34. The second kappa shape index (κ2) is 14.5. The number of halogens is 2. The zero-order valence-corrected chi connectivity index (χ0v) is 27.1. The standard InChI is InChI=1S/C32H37BrClN3O4S/c1-3-30(32(39)35-27-9-5-4-6-10-27)36(21-24-14-16-26(34)17-15-24)31(38)22-37(28-11-7-8-25(33)20-28)42(40,41)29-18-12-23(2)13-19-29/h7-8,11-20,27,30H,3-6,9-10,21-22H2,1-2H3,(H,35,39). The summed E-state index contributed by atoms with van der Waals surface area (Å²) in [6, 6.07) is 19.7. The number of aryl methyl sites for hydroxylation is 1. The van der Waals surface area contributed by atoms with Crippen molar-refractivity contribution in [2.75, 3.05) is 10.8 Å². The van der Waals surface area contributed by atoms with E-state index in [4.69, 9.17) is 11.6 Å². The summed E-state index contributed by atoms with van der Waals surface area (Å²) in [6.07, 6.45) is 5.49. The summed E-state index contributed by atoms with van der Waals surface area (Å²) in [5, 5.41) is 3.72. The number of sulfonamides is 1. The van der Waals surface area contributed by atoms with Gasteiger partial charge >= 0.3 is 0 Å². The van der Waals surface area contributed by atoms with E-state index in [9.17, 15) is 18.0 Å². The van der Waals surface area contributed by atoms with Gasteiger partial charge in [0, 0.05) is 22.1 Å². The van der Waals surface area contributed by atoms with E-state index in [1.54, 1.807) is 48.5 Å². The van der Waals surface area contributed by atoms with Crippen molar-refractivity contribution in [2.45, 2.75) is 75.9 Å². The average Bonchev–Trinajstić information content (AvgIpc) is 2.97. The third-order valence-corrected chi connectivity index (χ3v) is 10.1. The predicted octanol–water partition coefficient (Wildman–Crippen LogP) is 6.86. The van der Waals surface area contributed by atoms with E-state index in [1.807, 2.05) is 26.0 Å². The molecule has 1 unspecified atom stereocenters. The Kier molecular flexibility index (Phi) is 11.1. The minimum absolute atomic E-state index is 0.0761. The van der Waals surface area contributed by atoms with Crippen LogP contribution in [0.25, 0.3) is 0 Å². The van der Waals surface area contributed by atoms with Crippen molar-refractivity contribution in [3.63, 3.8) is 0 Å². The second-order valence-electron chi connectivity index (χ2n) is 10.7. The molecular formula is C32H37BrClN3O4S. The maximum absolute atomic E-state index is 14.2. The minimum Gasteiger partial charge on any atom is -0.352 e. The lowest BCUT2D eigenvalue weighted by Crippen LogP contribution is -2.54. The molecule has 0 aromatic heterocycles. The van der Waals surface area contributed by atoms with E-state index in [2.05, 4.69) is 21.2 Å². The fourth-order valence-corrected chi connectivity index (χ4v) is 7.17. The van der Waals surface area contributed by atoms with Gasteiger partial charge in [0.1, 0.15) is 12.6 Å². The summed E-state index contributed by atoms with van der Waals surface area (Å²) in [7, 11) is -4.12. The Hall–Kier alpha value is -2.88. The smallest absolute Gasteiger partial charge is 0.264 e. The fraction of sp³-hybridized carbons (Fsp3) is 0.375. The molecular weight excluding hydrogens is 638 g/mol. The zero-order valence-electron chi connectivity index (χ0n) is 23.9. The van der Waals surface area contributed by atoms with E-state index in [1.165, 1.54) is 17.0 Å². The second-order valence-corrected chi connectivity index (χ2v) is 13.9. The summed E-state index contributed by atoms with van der Waals surface area (Å²) in [4.78, 5) is 29.4. The molecule has 1 aliphatic carbocycles. The van der Waals surface area contributed by atoms with Crippen LogP contribution in [0.15, 0.2) is 82.2 Å². The quantitative estimate of drug-likeness (QED) is 0.241. The highest BCUT2D eigenvalue weighted by atomic mass is 79.9. The highest BCUT2D eigenvalue weighted by molar-refractivity contribution is 9.10. The number of carbonyl (C=O) groups excluding carboxylic acids is 2. The van der Waals surface area contributed by atoms with Crippen molar-refractivity contribution in [2.24, 2.45) is 0 Å². The molecule has 0 heterocycles. The van der Waals surface area contributed by atoms with Crippen LogP contribution in [-0.2, 0) is 26.2 Å². The fourth-order valence-electron chi connectivity index (χ4n) is 5.25. The van der Waals surface area contributed by atoms with E-state index >= 15 is 0 Å². The van der Waals surface area contributed by atoms with Gasteiger partial charge in [-0.2, -0.15) is 0 Å². The molecule has 1 N–H and O–H groups in total. The van der Waals surface area contributed by atoms with Crippen molar-refractivity contribution in [3.8, 4) is 0 Å². The number of carbonyl (C=O) groups is 2. The SMILES string of the molecule is CCC(C(=O)NC1CCCCC1)N(Cc1ccc(Cl)cc1)C(=O)CN(c1cccc(Br)c1)S(=O)(=O)c1ccc(C)cc1. The van der Waals surface area contributed by atoms with Gasteiger partial charge in [-0.1, -0.05) is 89.6 Å². The molecule has 42 heavy (non-hydrogen) atoms. The third kappa shape index (κ3) is 8.14. The van der Waals surface area contributed by atoms with E-state index < -0.39 is 28.5 Å². The van der Waals surface area contributed by atoms with E-state index in [0.29, 0.717) is 21.6 Å². The Morgan fingerprint density at radius 2 is 1.67 bits per heavy atom. The number of nitrogens with one attached hydrogen (secondary N) is 1. The number of amides is 2. The molecule has 7 nitrogen and oxygen atoms in total. The van der Waals surface area contributed by atoms with Crippen LogP contribution in [0.4, 0.5) is 5.69 Å². The van der Waals surface area contributed by atoms with E-state index in [0.717, 1.165) is 47.5 Å². The lowest BCUT2D eigenvalue weighted by molar-refractivity contribution is -0.140. The van der Waals surface area contributed by atoms with Crippen LogP contribution in [0, 0.1) is 6.92 Å². The number of rotatable bonds is 11. The molecule has 3 aromatic carbocycles. The molecule has 1 fully saturated rings. The Morgan fingerprint density at radius 1 is 1.00 bits per heavy atom. The Morgan fingerprint density at radius 3 is 2.29 bits per heavy atom. The topological polar surface area (TPSA) is 86.8 Å². The lowest BCUT2D eigenvalue weighted by Gasteiger charge is -2.34. The van der Waals surface area contributed by atoms with Gasteiger partial charge < -0.3 is 10.2 Å². The predicted molar refractivity (Wildman–Crippen MR) is 171 cm³/mol.